The molecule has 0 aromatic heterocycles. The second kappa shape index (κ2) is 5.54. The highest BCUT2D eigenvalue weighted by Gasteiger charge is 2.02. The van der Waals surface area contributed by atoms with E-state index >= 15 is 0 Å². The van der Waals surface area contributed by atoms with Crippen LogP contribution in [0.5, 0.6) is 5.75 Å². The molecule has 0 fully saturated rings. The number of likely N-dealkylation sites (N-methyl/N-ethyl adjacent to an activating group) is 1. The minimum absolute atomic E-state index is 0.0750. The van der Waals surface area contributed by atoms with Gasteiger partial charge in [0, 0.05) is 5.02 Å². The molecule has 1 aromatic carbocycles. The average Bonchev–Trinajstić information content (AvgIpc) is 2.19. The topological polar surface area (TPSA) is 21.3 Å². The van der Waals surface area contributed by atoms with Crippen molar-refractivity contribution in [2.45, 2.75) is 6.04 Å². The van der Waals surface area contributed by atoms with Crippen LogP contribution in [0, 0.1) is 12.3 Å². The lowest BCUT2D eigenvalue weighted by atomic mass is 10.3. The molecule has 0 aliphatic rings. The standard InChI is InChI=1S/C11H12ClNO/c1-3-10(13-2)8-14-11-6-4-5-9(12)7-11/h1,4-7,10,13H,8H2,2H3. The summed E-state index contributed by atoms with van der Waals surface area (Å²) in [5, 5.41) is 3.60. The van der Waals surface area contributed by atoms with Crippen LogP contribution in [0.2, 0.25) is 5.02 Å². The summed E-state index contributed by atoms with van der Waals surface area (Å²) >= 11 is 5.79. The summed E-state index contributed by atoms with van der Waals surface area (Å²) in [6.45, 7) is 0.438. The molecular formula is C11H12ClNO. The van der Waals surface area contributed by atoms with Crippen molar-refractivity contribution in [3.05, 3.63) is 29.3 Å². The normalized spacial score (nSPS) is 11.8. The first kappa shape index (κ1) is 10.9. The number of halogens is 1. The molecule has 0 saturated heterocycles. The van der Waals surface area contributed by atoms with E-state index in [2.05, 4.69) is 11.2 Å². The van der Waals surface area contributed by atoms with Crippen LogP contribution in [-0.4, -0.2) is 19.7 Å². The van der Waals surface area contributed by atoms with Crippen LogP contribution < -0.4 is 10.1 Å². The van der Waals surface area contributed by atoms with Crippen molar-refractivity contribution in [3.8, 4) is 18.1 Å². The molecule has 1 aromatic rings. The fraction of sp³-hybridized carbons (Fsp3) is 0.273. The minimum Gasteiger partial charge on any atom is -0.491 e. The molecule has 74 valence electrons. The molecule has 3 heteroatoms. The Balaban J connectivity index is 2.50. The van der Waals surface area contributed by atoms with Gasteiger partial charge < -0.3 is 10.1 Å². The van der Waals surface area contributed by atoms with Crippen molar-refractivity contribution in [3.63, 3.8) is 0 Å². The molecule has 0 aliphatic carbocycles. The van der Waals surface area contributed by atoms with Gasteiger partial charge in [0.2, 0.25) is 0 Å². The van der Waals surface area contributed by atoms with E-state index in [1.807, 2.05) is 12.1 Å². The third-order valence-corrected chi connectivity index (χ3v) is 2.00. The Morgan fingerprint density at radius 3 is 3.00 bits per heavy atom. The molecule has 1 atom stereocenters. The summed E-state index contributed by atoms with van der Waals surface area (Å²) in [5.41, 5.74) is 0. The van der Waals surface area contributed by atoms with Gasteiger partial charge in [-0.1, -0.05) is 23.6 Å². The number of hydrogen-bond donors (Lipinski definition) is 1. The molecule has 0 saturated carbocycles. The molecule has 1 rings (SSSR count). The zero-order valence-corrected chi connectivity index (χ0v) is 8.71. The molecule has 0 amide bonds. The van der Waals surface area contributed by atoms with Crippen LogP contribution in [0.4, 0.5) is 0 Å². The smallest absolute Gasteiger partial charge is 0.120 e. The fourth-order valence-electron chi connectivity index (χ4n) is 0.951. The van der Waals surface area contributed by atoms with Gasteiger partial charge >= 0.3 is 0 Å². The molecule has 14 heavy (non-hydrogen) atoms. The van der Waals surface area contributed by atoms with Crippen molar-refractivity contribution >= 4 is 11.6 Å². The SMILES string of the molecule is C#CC(COc1cccc(Cl)c1)NC. The Hall–Kier alpha value is -1.17. The third-order valence-electron chi connectivity index (χ3n) is 1.76. The Bertz CT molecular complexity index is 332. The Morgan fingerprint density at radius 1 is 1.64 bits per heavy atom. The van der Waals surface area contributed by atoms with E-state index in [9.17, 15) is 0 Å². The van der Waals surface area contributed by atoms with E-state index in [1.165, 1.54) is 0 Å². The summed E-state index contributed by atoms with van der Waals surface area (Å²) in [6, 6.07) is 7.15. The summed E-state index contributed by atoms with van der Waals surface area (Å²) in [4.78, 5) is 0. The summed E-state index contributed by atoms with van der Waals surface area (Å²) in [7, 11) is 1.80. The maximum Gasteiger partial charge on any atom is 0.120 e. The Labute approximate surface area is 89.2 Å². The molecule has 0 heterocycles. The summed E-state index contributed by atoms with van der Waals surface area (Å²) in [5.74, 6) is 3.30. The van der Waals surface area contributed by atoms with Gasteiger partial charge in [-0.15, -0.1) is 6.42 Å². The van der Waals surface area contributed by atoms with E-state index in [0.717, 1.165) is 5.75 Å². The lowest BCUT2D eigenvalue weighted by Crippen LogP contribution is -2.29. The predicted octanol–water partition coefficient (Wildman–Crippen LogP) is 1.94. The molecule has 0 bridgehead atoms. The van der Waals surface area contributed by atoms with Crippen LogP contribution in [0.25, 0.3) is 0 Å². The number of hydrogen-bond acceptors (Lipinski definition) is 2. The van der Waals surface area contributed by atoms with Gasteiger partial charge in [0.05, 0.1) is 0 Å². The van der Waals surface area contributed by atoms with Crippen LogP contribution in [0.1, 0.15) is 0 Å². The summed E-state index contributed by atoms with van der Waals surface area (Å²) < 4.78 is 5.44. The lowest BCUT2D eigenvalue weighted by molar-refractivity contribution is 0.296. The second-order valence-electron chi connectivity index (χ2n) is 2.78. The van der Waals surface area contributed by atoms with E-state index in [0.29, 0.717) is 11.6 Å². The molecule has 1 unspecified atom stereocenters. The average molecular weight is 210 g/mol. The van der Waals surface area contributed by atoms with Gasteiger partial charge in [-0.25, -0.2) is 0 Å². The van der Waals surface area contributed by atoms with Crippen LogP contribution in [-0.2, 0) is 0 Å². The third kappa shape index (κ3) is 3.29. The summed E-state index contributed by atoms with van der Waals surface area (Å²) in [6.07, 6.45) is 5.26. The zero-order chi connectivity index (χ0) is 10.4. The van der Waals surface area contributed by atoms with Crippen molar-refractivity contribution in [2.24, 2.45) is 0 Å². The molecule has 2 nitrogen and oxygen atoms in total. The van der Waals surface area contributed by atoms with E-state index in [4.69, 9.17) is 22.8 Å². The van der Waals surface area contributed by atoms with Crippen molar-refractivity contribution in [1.29, 1.82) is 0 Å². The second-order valence-corrected chi connectivity index (χ2v) is 3.21. The Morgan fingerprint density at radius 2 is 2.43 bits per heavy atom. The van der Waals surface area contributed by atoms with Crippen LogP contribution in [0.3, 0.4) is 0 Å². The fourth-order valence-corrected chi connectivity index (χ4v) is 1.13. The molecule has 0 radical (unpaired) electrons. The van der Waals surface area contributed by atoms with Gasteiger partial charge in [-0.05, 0) is 25.2 Å². The molecule has 1 N–H and O–H groups in total. The van der Waals surface area contributed by atoms with Crippen molar-refractivity contribution in [2.75, 3.05) is 13.7 Å². The molecule has 0 spiro atoms. The maximum atomic E-state index is 5.79. The largest absolute Gasteiger partial charge is 0.491 e. The monoisotopic (exact) mass is 209 g/mol. The molecular weight excluding hydrogens is 198 g/mol. The number of rotatable bonds is 4. The maximum absolute atomic E-state index is 5.79. The van der Waals surface area contributed by atoms with Gasteiger partial charge in [-0.3, -0.25) is 0 Å². The van der Waals surface area contributed by atoms with E-state index in [-0.39, 0.29) is 6.04 Å². The van der Waals surface area contributed by atoms with Crippen LogP contribution >= 0.6 is 11.6 Å². The van der Waals surface area contributed by atoms with Gasteiger partial charge in [0.25, 0.3) is 0 Å². The first-order chi connectivity index (χ1) is 6.76. The van der Waals surface area contributed by atoms with Gasteiger partial charge in [-0.2, -0.15) is 0 Å². The first-order valence-electron chi connectivity index (χ1n) is 4.28. The lowest BCUT2D eigenvalue weighted by Gasteiger charge is -2.11. The quantitative estimate of drug-likeness (QED) is 0.766. The van der Waals surface area contributed by atoms with E-state index in [1.54, 1.807) is 19.2 Å². The van der Waals surface area contributed by atoms with Gasteiger partial charge in [0.1, 0.15) is 18.4 Å². The van der Waals surface area contributed by atoms with Gasteiger partial charge in [0.15, 0.2) is 0 Å². The van der Waals surface area contributed by atoms with Crippen LogP contribution in [0.15, 0.2) is 24.3 Å². The molecule has 0 aliphatic heterocycles. The number of terminal acetylenes is 1. The highest BCUT2D eigenvalue weighted by atomic mass is 35.5. The predicted molar refractivity (Wildman–Crippen MR) is 58.6 cm³/mol. The number of benzene rings is 1. The zero-order valence-electron chi connectivity index (χ0n) is 7.96. The first-order valence-corrected chi connectivity index (χ1v) is 4.66. The highest BCUT2D eigenvalue weighted by molar-refractivity contribution is 6.30. The van der Waals surface area contributed by atoms with E-state index < -0.39 is 0 Å². The highest BCUT2D eigenvalue weighted by Crippen LogP contribution is 2.16. The number of ether oxygens (including phenoxy) is 1. The van der Waals surface area contributed by atoms with Crippen molar-refractivity contribution < 1.29 is 4.74 Å². The van der Waals surface area contributed by atoms with Crippen molar-refractivity contribution in [1.82, 2.24) is 5.32 Å². The number of nitrogens with one attached hydrogen (secondary N) is 1. The Kier molecular flexibility index (Phi) is 4.31. The minimum atomic E-state index is -0.0750.